The van der Waals surface area contributed by atoms with Crippen LogP contribution in [0.25, 0.3) is 10.9 Å². The van der Waals surface area contributed by atoms with Gasteiger partial charge in [0.2, 0.25) is 5.91 Å². The smallest absolute Gasteiger partial charge is 0.221 e. The van der Waals surface area contributed by atoms with E-state index in [-0.39, 0.29) is 5.91 Å². The van der Waals surface area contributed by atoms with Crippen LogP contribution in [0.4, 0.5) is 5.69 Å². The summed E-state index contributed by atoms with van der Waals surface area (Å²) >= 11 is 0. The normalized spacial score (nSPS) is 14.9. The number of amides is 1. The summed E-state index contributed by atoms with van der Waals surface area (Å²) in [7, 11) is 3.23. The minimum atomic E-state index is -0.676. The molecule has 0 fully saturated rings. The minimum absolute atomic E-state index is 0.182. The zero-order chi connectivity index (χ0) is 21.3. The quantitative estimate of drug-likeness (QED) is 0.582. The van der Waals surface area contributed by atoms with Crippen molar-refractivity contribution in [3.8, 4) is 11.5 Å². The zero-order valence-electron chi connectivity index (χ0n) is 17.5. The van der Waals surface area contributed by atoms with Crippen molar-refractivity contribution in [2.24, 2.45) is 0 Å². The summed E-state index contributed by atoms with van der Waals surface area (Å²) in [6.45, 7) is 3.57. The van der Waals surface area contributed by atoms with Crippen LogP contribution >= 0.6 is 0 Å². The fraction of sp³-hybridized carbons (Fsp3) is 0.348. The Morgan fingerprint density at radius 2 is 2.07 bits per heavy atom. The number of hydrogen-bond donors (Lipinski definition) is 3. The molecule has 2 heterocycles. The Bertz CT molecular complexity index is 1080. The molecule has 7 heteroatoms. The number of ether oxygens (including phenoxy) is 2. The van der Waals surface area contributed by atoms with Crippen LogP contribution in [0.3, 0.4) is 0 Å². The van der Waals surface area contributed by atoms with E-state index in [4.69, 9.17) is 9.47 Å². The molecule has 0 saturated heterocycles. The molecule has 1 atom stereocenters. The fourth-order valence-electron chi connectivity index (χ4n) is 4.10. The van der Waals surface area contributed by atoms with Gasteiger partial charge >= 0.3 is 0 Å². The van der Waals surface area contributed by atoms with Crippen LogP contribution in [0, 0.1) is 0 Å². The number of hydrogen-bond acceptors (Lipinski definition) is 5. The molecule has 1 aliphatic heterocycles. The van der Waals surface area contributed by atoms with Gasteiger partial charge in [0, 0.05) is 49.6 Å². The molecule has 158 valence electrons. The van der Waals surface area contributed by atoms with Crippen molar-refractivity contribution in [3.63, 3.8) is 0 Å². The number of β-amino-alcohol motifs (C(OH)–C–C–N with tert-alkyl or cyclic N) is 1. The molecule has 4 rings (SSSR count). The number of fused-ring (bicyclic) bond motifs is 3. The Kier molecular flexibility index (Phi) is 5.65. The number of methoxy groups -OCH3 is 2. The molecular weight excluding hydrogens is 382 g/mol. The molecule has 0 radical (unpaired) electrons. The SMILES string of the molecule is COc1ccc2[nH]c3c(c2c1)CN(C[C@H](O)c1ccc(OC)c(NC(C)=O)c1)CC3. The predicted octanol–water partition coefficient (Wildman–Crippen LogP) is 3.24. The number of carbonyl (C=O) groups is 1. The van der Waals surface area contributed by atoms with Crippen molar-refractivity contribution < 1.29 is 19.4 Å². The summed E-state index contributed by atoms with van der Waals surface area (Å²) in [5.41, 5.74) is 4.92. The lowest BCUT2D eigenvalue weighted by Crippen LogP contribution is -2.33. The topological polar surface area (TPSA) is 86.8 Å². The monoisotopic (exact) mass is 409 g/mol. The molecular formula is C23H27N3O4. The van der Waals surface area contributed by atoms with Gasteiger partial charge in [-0.3, -0.25) is 9.69 Å². The van der Waals surface area contributed by atoms with Gasteiger partial charge < -0.3 is 24.9 Å². The summed E-state index contributed by atoms with van der Waals surface area (Å²) in [5.74, 6) is 1.22. The maximum absolute atomic E-state index is 11.5. The molecule has 1 amide bonds. The Balaban J connectivity index is 1.52. The predicted molar refractivity (Wildman–Crippen MR) is 116 cm³/mol. The number of aromatic amines is 1. The van der Waals surface area contributed by atoms with Gasteiger partial charge in [-0.1, -0.05) is 6.07 Å². The van der Waals surface area contributed by atoms with Crippen LogP contribution in [-0.2, 0) is 17.8 Å². The zero-order valence-corrected chi connectivity index (χ0v) is 17.5. The van der Waals surface area contributed by atoms with Crippen LogP contribution in [0.2, 0.25) is 0 Å². The summed E-state index contributed by atoms with van der Waals surface area (Å²) in [6, 6.07) is 11.4. The van der Waals surface area contributed by atoms with E-state index >= 15 is 0 Å². The van der Waals surface area contributed by atoms with Crippen molar-refractivity contribution in [1.82, 2.24) is 9.88 Å². The van der Waals surface area contributed by atoms with Crippen molar-refractivity contribution in [2.75, 3.05) is 32.6 Å². The highest BCUT2D eigenvalue weighted by molar-refractivity contribution is 5.90. The molecule has 3 aromatic rings. The first kappa shape index (κ1) is 20.3. The van der Waals surface area contributed by atoms with Gasteiger partial charge in [0.15, 0.2) is 0 Å². The number of H-pyrrole nitrogens is 1. The van der Waals surface area contributed by atoms with Gasteiger partial charge in [-0.05, 0) is 41.5 Å². The fourth-order valence-corrected chi connectivity index (χ4v) is 4.10. The summed E-state index contributed by atoms with van der Waals surface area (Å²) < 4.78 is 10.7. The highest BCUT2D eigenvalue weighted by atomic mass is 16.5. The second kappa shape index (κ2) is 8.38. The van der Waals surface area contributed by atoms with Gasteiger partial charge in [0.05, 0.1) is 26.0 Å². The molecule has 30 heavy (non-hydrogen) atoms. The summed E-state index contributed by atoms with van der Waals surface area (Å²) in [4.78, 5) is 17.2. The summed E-state index contributed by atoms with van der Waals surface area (Å²) in [5, 5.41) is 14.8. The number of aliphatic hydroxyl groups is 1. The van der Waals surface area contributed by atoms with Crippen molar-refractivity contribution >= 4 is 22.5 Å². The van der Waals surface area contributed by atoms with Gasteiger partial charge in [0.25, 0.3) is 0 Å². The van der Waals surface area contributed by atoms with Crippen LogP contribution in [0.15, 0.2) is 36.4 Å². The van der Waals surface area contributed by atoms with E-state index in [9.17, 15) is 9.90 Å². The van der Waals surface area contributed by atoms with Crippen molar-refractivity contribution in [3.05, 3.63) is 53.2 Å². The van der Waals surface area contributed by atoms with E-state index in [2.05, 4.69) is 21.3 Å². The first-order valence-electron chi connectivity index (χ1n) is 10.0. The van der Waals surface area contributed by atoms with Crippen LogP contribution in [-0.4, -0.2) is 48.2 Å². The maximum Gasteiger partial charge on any atom is 0.221 e. The second-order valence-electron chi connectivity index (χ2n) is 7.64. The van der Waals surface area contributed by atoms with Gasteiger partial charge in [-0.15, -0.1) is 0 Å². The van der Waals surface area contributed by atoms with E-state index in [1.165, 1.54) is 23.6 Å². The van der Waals surface area contributed by atoms with Gasteiger partial charge in [-0.2, -0.15) is 0 Å². The number of benzene rings is 2. The first-order valence-corrected chi connectivity index (χ1v) is 10.0. The number of nitrogens with zero attached hydrogens (tertiary/aromatic N) is 1. The molecule has 7 nitrogen and oxygen atoms in total. The average Bonchev–Trinajstić information content (AvgIpc) is 3.10. The lowest BCUT2D eigenvalue weighted by Gasteiger charge is -2.29. The second-order valence-corrected chi connectivity index (χ2v) is 7.64. The highest BCUT2D eigenvalue weighted by Crippen LogP contribution is 2.32. The van der Waals surface area contributed by atoms with E-state index < -0.39 is 6.10 Å². The molecule has 0 spiro atoms. The molecule has 0 bridgehead atoms. The molecule has 1 aliphatic rings. The van der Waals surface area contributed by atoms with E-state index in [0.717, 1.165) is 36.3 Å². The Morgan fingerprint density at radius 3 is 2.80 bits per heavy atom. The molecule has 0 unspecified atom stereocenters. The molecule has 0 saturated carbocycles. The Morgan fingerprint density at radius 1 is 1.23 bits per heavy atom. The van der Waals surface area contributed by atoms with Crippen LogP contribution in [0.1, 0.15) is 29.8 Å². The van der Waals surface area contributed by atoms with Crippen LogP contribution in [0.5, 0.6) is 11.5 Å². The highest BCUT2D eigenvalue weighted by Gasteiger charge is 2.23. The Labute approximate surface area is 175 Å². The van der Waals surface area contributed by atoms with Crippen molar-refractivity contribution in [1.29, 1.82) is 0 Å². The number of rotatable bonds is 6. The average molecular weight is 409 g/mol. The van der Waals surface area contributed by atoms with Crippen molar-refractivity contribution in [2.45, 2.75) is 26.0 Å². The maximum atomic E-state index is 11.5. The molecule has 0 aliphatic carbocycles. The number of nitrogens with one attached hydrogen (secondary N) is 2. The number of carbonyl (C=O) groups excluding carboxylic acids is 1. The molecule has 3 N–H and O–H groups in total. The first-order chi connectivity index (χ1) is 14.5. The lowest BCUT2D eigenvalue weighted by atomic mass is 10.0. The number of aliphatic hydroxyl groups excluding tert-OH is 1. The molecule has 2 aromatic carbocycles. The third-order valence-electron chi connectivity index (χ3n) is 5.61. The van der Waals surface area contributed by atoms with Crippen LogP contribution < -0.4 is 14.8 Å². The van der Waals surface area contributed by atoms with E-state index in [0.29, 0.717) is 18.0 Å². The largest absolute Gasteiger partial charge is 0.497 e. The minimum Gasteiger partial charge on any atom is -0.497 e. The number of aromatic nitrogens is 1. The lowest BCUT2D eigenvalue weighted by molar-refractivity contribution is -0.114. The third-order valence-corrected chi connectivity index (χ3v) is 5.61. The Hall–Kier alpha value is -3.03. The summed E-state index contributed by atoms with van der Waals surface area (Å²) in [6.07, 6.45) is 0.225. The van der Waals surface area contributed by atoms with E-state index in [1.54, 1.807) is 26.4 Å². The van der Waals surface area contributed by atoms with E-state index in [1.807, 2.05) is 18.2 Å². The van der Waals surface area contributed by atoms with Gasteiger partial charge in [0.1, 0.15) is 11.5 Å². The molecule has 1 aromatic heterocycles. The number of anilines is 1. The standard InChI is InChI=1S/C23H27N3O4/c1-14(27)24-21-10-15(4-7-23(21)30-3)22(28)13-26-9-8-20-18(12-26)17-11-16(29-2)5-6-19(17)25-20/h4-7,10-11,22,25,28H,8-9,12-13H2,1-3H3,(H,24,27)/t22-/m0/s1. The van der Waals surface area contributed by atoms with Gasteiger partial charge in [-0.25, -0.2) is 0 Å². The third kappa shape index (κ3) is 3.99.